The molecule has 1 atom stereocenters. The number of carbonyl (C=O) groups is 1. The standard InChI is InChI=1S/C11H23N3O/c1-3-12-7-6-11(15)13-10-5-4-8-14(2)9-10/h10,12H,3-9H2,1-2H3,(H,13,15). The van der Waals surface area contributed by atoms with Crippen molar-refractivity contribution in [2.45, 2.75) is 32.2 Å². The Labute approximate surface area is 92.4 Å². The van der Waals surface area contributed by atoms with E-state index in [9.17, 15) is 4.79 Å². The summed E-state index contributed by atoms with van der Waals surface area (Å²) in [5, 5.41) is 6.24. The minimum absolute atomic E-state index is 0.177. The Morgan fingerprint density at radius 3 is 3.00 bits per heavy atom. The lowest BCUT2D eigenvalue weighted by Crippen LogP contribution is -2.46. The van der Waals surface area contributed by atoms with Crippen LogP contribution in [0.5, 0.6) is 0 Å². The van der Waals surface area contributed by atoms with E-state index in [0.717, 1.165) is 32.6 Å². The summed E-state index contributed by atoms with van der Waals surface area (Å²) in [6.45, 7) is 5.91. The minimum atomic E-state index is 0.177. The third-order valence-corrected chi connectivity index (χ3v) is 2.77. The second kappa shape index (κ2) is 6.80. The fourth-order valence-corrected chi connectivity index (χ4v) is 1.96. The van der Waals surface area contributed by atoms with Gasteiger partial charge in [0.05, 0.1) is 0 Å². The molecule has 1 fully saturated rings. The molecule has 0 radical (unpaired) electrons. The van der Waals surface area contributed by atoms with E-state index in [0.29, 0.717) is 12.5 Å². The molecular weight excluding hydrogens is 190 g/mol. The molecule has 1 aliphatic rings. The molecule has 1 heterocycles. The van der Waals surface area contributed by atoms with Crippen LogP contribution in [0.3, 0.4) is 0 Å². The van der Waals surface area contributed by atoms with E-state index < -0.39 is 0 Å². The van der Waals surface area contributed by atoms with Gasteiger partial charge in [0, 0.05) is 25.6 Å². The molecular formula is C11H23N3O. The Balaban J connectivity index is 2.13. The Morgan fingerprint density at radius 2 is 2.33 bits per heavy atom. The molecule has 4 nitrogen and oxygen atoms in total. The summed E-state index contributed by atoms with van der Waals surface area (Å²) in [6.07, 6.45) is 2.90. The third kappa shape index (κ3) is 5.14. The van der Waals surface area contributed by atoms with E-state index in [2.05, 4.69) is 22.6 Å². The van der Waals surface area contributed by atoms with Crippen molar-refractivity contribution in [3.05, 3.63) is 0 Å². The van der Waals surface area contributed by atoms with Gasteiger partial charge in [-0.05, 0) is 33.0 Å². The molecule has 1 rings (SSSR count). The van der Waals surface area contributed by atoms with Crippen LogP contribution in [0.15, 0.2) is 0 Å². The van der Waals surface area contributed by atoms with E-state index in [4.69, 9.17) is 0 Å². The van der Waals surface area contributed by atoms with Crippen LogP contribution >= 0.6 is 0 Å². The molecule has 1 amide bonds. The highest BCUT2D eigenvalue weighted by Gasteiger charge is 2.18. The van der Waals surface area contributed by atoms with Gasteiger partial charge in [-0.25, -0.2) is 0 Å². The monoisotopic (exact) mass is 213 g/mol. The number of amides is 1. The number of likely N-dealkylation sites (N-methyl/N-ethyl adjacent to an activating group) is 1. The Morgan fingerprint density at radius 1 is 1.53 bits per heavy atom. The van der Waals surface area contributed by atoms with Gasteiger partial charge in [-0.3, -0.25) is 4.79 Å². The molecule has 0 aliphatic carbocycles. The molecule has 0 bridgehead atoms. The first kappa shape index (κ1) is 12.5. The van der Waals surface area contributed by atoms with Crippen LogP contribution < -0.4 is 10.6 Å². The van der Waals surface area contributed by atoms with Crippen molar-refractivity contribution in [2.24, 2.45) is 0 Å². The summed E-state index contributed by atoms with van der Waals surface area (Å²) in [5.74, 6) is 0.177. The smallest absolute Gasteiger partial charge is 0.221 e. The normalized spacial score (nSPS) is 22.7. The number of nitrogens with zero attached hydrogens (tertiary/aromatic N) is 1. The summed E-state index contributed by atoms with van der Waals surface area (Å²) < 4.78 is 0. The topological polar surface area (TPSA) is 44.4 Å². The van der Waals surface area contributed by atoms with Gasteiger partial charge in [0.1, 0.15) is 0 Å². The maximum Gasteiger partial charge on any atom is 0.221 e. The number of hydrogen-bond donors (Lipinski definition) is 2. The molecule has 2 N–H and O–H groups in total. The number of hydrogen-bond acceptors (Lipinski definition) is 3. The predicted octanol–water partition coefficient (Wildman–Crippen LogP) is 0.196. The summed E-state index contributed by atoms with van der Waals surface area (Å²) in [6, 6.07) is 0.359. The van der Waals surface area contributed by atoms with Crippen molar-refractivity contribution in [1.29, 1.82) is 0 Å². The number of rotatable bonds is 5. The third-order valence-electron chi connectivity index (χ3n) is 2.77. The van der Waals surface area contributed by atoms with Gasteiger partial charge < -0.3 is 15.5 Å². The predicted molar refractivity (Wildman–Crippen MR) is 61.8 cm³/mol. The van der Waals surface area contributed by atoms with Crippen LogP contribution in [0.2, 0.25) is 0 Å². The number of nitrogens with one attached hydrogen (secondary N) is 2. The fraction of sp³-hybridized carbons (Fsp3) is 0.909. The second-order valence-corrected chi connectivity index (χ2v) is 4.27. The molecule has 0 aromatic carbocycles. The number of likely N-dealkylation sites (tertiary alicyclic amines) is 1. The first-order valence-corrected chi connectivity index (χ1v) is 5.91. The minimum Gasteiger partial charge on any atom is -0.352 e. The zero-order chi connectivity index (χ0) is 11.1. The van der Waals surface area contributed by atoms with Gasteiger partial charge in [0.2, 0.25) is 5.91 Å². The van der Waals surface area contributed by atoms with Crippen LogP contribution in [-0.2, 0) is 4.79 Å². The number of piperidine rings is 1. The highest BCUT2D eigenvalue weighted by atomic mass is 16.1. The van der Waals surface area contributed by atoms with Crippen LogP contribution in [0, 0.1) is 0 Å². The van der Waals surface area contributed by atoms with Crippen molar-refractivity contribution >= 4 is 5.91 Å². The summed E-state index contributed by atoms with van der Waals surface area (Å²) in [4.78, 5) is 13.8. The van der Waals surface area contributed by atoms with Crippen LogP contribution in [-0.4, -0.2) is 50.1 Å². The van der Waals surface area contributed by atoms with Gasteiger partial charge in [-0.2, -0.15) is 0 Å². The van der Waals surface area contributed by atoms with E-state index >= 15 is 0 Å². The van der Waals surface area contributed by atoms with Crippen molar-refractivity contribution in [2.75, 3.05) is 33.2 Å². The van der Waals surface area contributed by atoms with Gasteiger partial charge in [-0.1, -0.05) is 6.92 Å². The second-order valence-electron chi connectivity index (χ2n) is 4.27. The largest absolute Gasteiger partial charge is 0.352 e. The Hall–Kier alpha value is -0.610. The van der Waals surface area contributed by atoms with Crippen LogP contribution in [0.1, 0.15) is 26.2 Å². The molecule has 0 saturated carbocycles. The zero-order valence-corrected chi connectivity index (χ0v) is 9.88. The molecule has 0 spiro atoms. The van der Waals surface area contributed by atoms with E-state index in [1.54, 1.807) is 0 Å². The highest BCUT2D eigenvalue weighted by molar-refractivity contribution is 5.76. The van der Waals surface area contributed by atoms with Crippen molar-refractivity contribution in [3.8, 4) is 0 Å². The van der Waals surface area contributed by atoms with E-state index in [1.807, 2.05) is 6.92 Å². The van der Waals surface area contributed by atoms with Crippen molar-refractivity contribution < 1.29 is 4.79 Å². The van der Waals surface area contributed by atoms with Crippen molar-refractivity contribution in [3.63, 3.8) is 0 Å². The van der Waals surface area contributed by atoms with E-state index in [1.165, 1.54) is 6.42 Å². The lowest BCUT2D eigenvalue weighted by molar-refractivity contribution is -0.122. The molecule has 4 heteroatoms. The first-order chi connectivity index (χ1) is 7.22. The maximum absolute atomic E-state index is 11.5. The highest BCUT2D eigenvalue weighted by Crippen LogP contribution is 2.07. The Bertz CT molecular complexity index is 196. The number of carbonyl (C=O) groups excluding carboxylic acids is 1. The van der Waals surface area contributed by atoms with Crippen LogP contribution in [0.25, 0.3) is 0 Å². The van der Waals surface area contributed by atoms with Gasteiger partial charge >= 0.3 is 0 Å². The lowest BCUT2D eigenvalue weighted by Gasteiger charge is -2.30. The zero-order valence-electron chi connectivity index (χ0n) is 9.88. The SMILES string of the molecule is CCNCCC(=O)NC1CCCN(C)C1. The molecule has 1 saturated heterocycles. The molecule has 0 aromatic heterocycles. The molecule has 1 unspecified atom stereocenters. The fourth-order valence-electron chi connectivity index (χ4n) is 1.96. The molecule has 88 valence electrons. The average molecular weight is 213 g/mol. The van der Waals surface area contributed by atoms with Gasteiger partial charge in [0.25, 0.3) is 0 Å². The maximum atomic E-state index is 11.5. The van der Waals surface area contributed by atoms with Crippen molar-refractivity contribution in [1.82, 2.24) is 15.5 Å². The van der Waals surface area contributed by atoms with Gasteiger partial charge in [0.15, 0.2) is 0 Å². The quantitative estimate of drug-likeness (QED) is 0.641. The summed E-state index contributed by atoms with van der Waals surface area (Å²) in [7, 11) is 2.11. The Kier molecular flexibility index (Phi) is 5.65. The van der Waals surface area contributed by atoms with Crippen LogP contribution in [0.4, 0.5) is 0 Å². The summed E-state index contributed by atoms with van der Waals surface area (Å²) >= 11 is 0. The average Bonchev–Trinajstić information content (AvgIpc) is 2.18. The van der Waals surface area contributed by atoms with Gasteiger partial charge in [-0.15, -0.1) is 0 Å². The molecule has 0 aromatic rings. The molecule has 1 aliphatic heterocycles. The molecule has 15 heavy (non-hydrogen) atoms. The first-order valence-electron chi connectivity index (χ1n) is 5.91. The van der Waals surface area contributed by atoms with E-state index in [-0.39, 0.29) is 5.91 Å². The lowest BCUT2D eigenvalue weighted by atomic mass is 10.1. The summed E-state index contributed by atoms with van der Waals surface area (Å²) in [5.41, 5.74) is 0.